The van der Waals surface area contributed by atoms with E-state index in [2.05, 4.69) is 64.6 Å². The molecule has 2 aliphatic carbocycles. The Morgan fingerprint density at radius 1 is 1.31 bits per heavy atom. The van der Waals surface area contributed by atoms with Crippen LogP contribution in [0.15, 0.2) is 18.2 Å². The summed E-state index contributed by atoms with van der Waals surface area (Å²) in [6, 6.07) is 6.73. The van der Waals surface area contributed by atoms with E-state index in [1.807, 2.05) is 0 Å². The van der Waals surface area contributed by atoms with Gasteiger partial charge in [0.25, 0.3) is 0 Å². The lowest BCUT2D eigenvalue weighted by Gasteiger charge is -2.40. The number of nitrogen functional groups attached to an aromatic ring is 1. The molecule has 0 aromatic heterocycles. The van der Waals surface area contributed by atoms with Gasteiger partial charge >= 0.3 is 0 Å². The predicted molar refractivity (Wildman–Crippen MR) is 118 cm³/mol. The lowest BCUT2D eigenvalue weighted by atomic mass is 9.64. The molecule has 1 aromatic carbocycles. The van der Waals surface area contributed by atoms with Crippen molar-refractivity contribution in [2.75, 3.05) is 11.5 Å². The van der Waals surface area contributed by atoms with Crippen LogP contribution in [-0.2, 0) is 6.42 Å². The van der Waals surface area contributed by atoms with Gasteiger partial charge in [0, 0.05) is 10.4 Å². The Hall–Kier alpha value is -0.630. The summed E-state index contributed by atoms with van der Waals surface area (Å²) in [4.78, 5) is 0. The number of fused-ring (bicyclic) bond motifs is 3. The van der Waals surface area contributed by atoms with E-state index in [9.17, 15) is 0 Å². The second-order valence-electron chi connectivity index (χ2n) is 9.72. The van der Waals surface area contributed by atoms with Gasteiger partial charge in [0.2, 0.25) is 0 Å². The highest BCUT2D eigenvalue weighted by Crippen LogP contribution is 2.61. The average molecular weight is 374 g/mol. The molecule has 1 nitrogen and oxygen atoms in total. The Bertz CT molecular complexity index is 623. The van der Waals surface area contributed by atoms with Gasteiger partial charge in [-0.05, 0) is 97.1 Å². The van der Waals surface area contributed by atoms with Crippen LogP contribution in [0.3, 0.4) is 0 Å². The first-order valence-corrected chi connectivity index (χ1v) is 11.8. The molecule has 0 bridgehead atoms. The van der Waals surface area contributed by atoms with E-state index in [0.29, 0.717) is 10.2 Å². The number of nitrogens with two attached hydrogens (primary N) is 1. The summed E-state index contributed by atoms with van der Waals surface area (Å²) in [6.07, 6.45) is 9.38. The molecule has 1 aromatic rings. The van der Waals surface area contributed by atoms with Crippen molar-refractivity contribution in [3.63, 3.8) is 0 Å². The number of rotatable bonds is 7. The van der Waals surface area contributed by atoms with Crippen molar-refractivity contribution in [3.05, 3.63) is 29.3 Å². The van der Waals surface area contributed by atoms with Crippen LogP contribution in [0.25, 0.3) is 0 Å². The third-order valence-electron chi connectivity index (χ3n) is 7.40. The van der Waals surface area contributed by atoms with Crippen molar-refractivity contribution >= 4 is 17.4 Å². The standard InChI is InChI=1S/C24H39NS/c1-6-12-26-23(4,5)15-17(3)19-14-22-21-9-8-20(25)13-18(21)10-11-24(22,7-2)16-19/h8-9,13,17,19,22H,6-7,10-12,14-16,25H2,1-5H3. The van der Waals surface area contributed by atoms with E-state index in [-0.39, 0.29) is 0 Å². The monoisotopic (exact) mass is 373 g/mol. The smallest absolute Gasteiger partial charge is 0.0316 e. The summed E-state index contributed by atoms with van der Waals surface area (Å²) in [6.45, 7) is 12.2. The number of anilines is 1. The molecule has 0 radical (unpaired) electrons. The molecule has 1 fully saturated rings. The van der Waals surface area contributed by atoms with Crippen LogP contribution in [-0.4, -0.2) is 10.5 Å². The fourth-order valence-electron chi connectivity index (χ4n) is 5.98. The van der Waals surface area contributed by atoms with Crippen LogP contribution in [0.5, 0.6) is 0 Å². The van der Waals surface area contributed by atoms with Gasteiger partial charge < -0.3 is 5.73 Å². The SMILES string of the molecule is CCCSC(C)(C)CC(C)C1CC2c3ccc(N)cc3CCC2(CC)C1. The molecule has 4 unspecified atom stereocenters. The highest BCUT2D eigenvalue weighted by Gasteiger charge is 2.50. The van der Waals surface area contributed by atoms with Gasteiger partial charge in [0.15, 0.2) is 0 Å². The summed E-state index contributed by atoms with van der Waals surface area (Å²) in [7, 11) is 0. The summed E-state index contributed by atoms with van der Waals surface area (Å²) in [5.41, 5.74) is 10.7. The molecule has 0 saturated heterocycles. The Balaban J connectivity index is 1.76. The molecule has 26 heavy (non-hydrogen) atoms. The highest BCUT2D eigenvalue weighted by molar-refractivity contribution is 8.00. The zero-order chi connectivity index (χ0) is 18.9. The second-order valence-corrected chi connectivity index (χ2v) is 11.5. The van der Waals surface area contributed by atoms with Crippen LogP contribution < -0.4 is 5.73 Å². The van der Waals surface area contributed by atoms with Crippen LogP contribution >= 0.6 is 11.8 Å². The maximum atomic E-state index is 6.07. The third-order valence-corrected chi connectivity index (χ3v) is 8.96. The summed E-state index contributed by atoms with van der Waals surface area (Å²) < 4.78 is 0.412. The second kappa shape index (κ2) is 7.78. The molecule has 1 saturated carbocycles. The van der Waals surface area contributed by atoms with Crippen molar-refractivity contribution in [1.82, 2.24) is 0 Å². The van der Waals surface area contributed by atoms with Crippen molar-refractivity contribution in [2.24, 2.45) is 17.3 Å². The number of benzene rings is 1. The highest BCUT2D eigenvalue weighted by atomic mass is 32.2. The van der Waals surface area contributed by atoms with Crippen molar-refractivity contribution in [2.45, 2.75) is 90.2 Å². The molecule has 0 heterocycles. The van der Waals surface area contributed by atoms with E-state index in [0.717, 1.165) is 23.4 Å². The fourth-order valence-corrected chi connectivity index (χ4v) is 7.12. The lowest BCUT2D eigenvalue weighted by Crippen LogP contribution is -2.29. The fraction of sp³-hybridized carbons (Fsp3) is 0.750. The number of thioether (sulfide) groups is 1. The van der Waals surface area contributed by atoms with Crippen molar-refractivity contribution < 1.29 is 0 Å². The van der Waals surface area contributed by atoms with Crippen molar-refractivity contribution in [3.8, 4) is 0 Å². The van der Waals surface area contributed by atoms with Gasteiger partial charge in [0.05, 0.1) is 0 Å². The number of hydrogen-bond donors (Lipinski definition) is 1. The minimum Gasteiger partial charge on any atom is -0.399 e. The maximum absolute atomic E-state index is 6.07. The quantitative estimate of drug-likeness (QED) is 0.518. The number of aryl methyl sites for hydroxylation is 1. The molecule has 2 heteroatoms. The molecular formula is C24H39NS. The molecule has 2 N–H and O–H groups in total. The van der Waals surface area contributed by atoms with E-state index in [1.54, 1.807) is 5.56 Å². The van der Waals surface area contributed by atoms with Crippen LogP contribution in [0.4, 0.5) is 5.69 Å². The first kappa shape index (κ1) is 20.1. The van der Waals surface area contributed by atoms with Gasteiger partial charge in [0.1, 0.15) is 0 Å². The minimum atomic E-state index is 0.412. The first-order valence-electron chi connectivity index (χ1n) is 10.8. The molecule has 4 atom stereocenters. The maximum Gasteiger partial charge on any atom is 0.0316 e. The molecule has 0 amide bonds. The number of hydrogen-bond acceptors (Lipinski definition) is 2. The average Bonchev–Trinajstić information content (AvgIpc) is 3.00. The molecule has 3 rings (SSSR count). The Morgan fingerprint density at radius 3 is 2.77 bits per heavy atom. The van der Waals surface area contributed by atoms with Crippen LogP contribution in [0.2, 0.25) is 0 Å². The molecular weight excluding hydrogens is 334 g/mol. The predicted octanol–water partition coefficient (Wildman–Crippen LogP) is 7.05. The minimum absolute atomic E-state index is 0.412. The molecule has 146 valence electrons. The van der Waals surface area contributed by atoms with Gasteiger partial charge in [-0.15, -0.1) is 0 Å². The molecule has 2 aliphatic rings. The summed E-state index contributed by atoms with van der Waals surface area (Å²) in [5.74, 6) is 3.75. The Kier molecular flexibility index (Phi) is 6.02. The Labute approximate surface area is 165 Å². The van der Waals surface area contributed by atoms with Crippen molar-refractivity contribution in [1.29, 1.82) is 0 Å². The topological polar surface area (TPSA) is 26.0 Å². The zero-order valence-corrected chi connectivity index (χ0v) is 18.4. The largest absolute Gasteiger partial charge is 0.399 e. The Morgan fingerprint density at radius 2 is 2.08 bits per heavy atom. The van der Waals surface area contributed by atoms with E-state index in [4.69, 9.17) is 5.73 Å². The normalized spacial score (nSPS) is 29.3. The van der Waals surface area contributed by atoms with Gasteiger partial charge in [-0.3, -0.25) is 0 Å². The summed E-state index contributed by atoms with van der Waals surface area (Å²) in [5, 5.41) is 0. The van der Waals surface area contributed by atoms with E-state index < -0.39 is 0 Å². The van der Waals surface area contributed by atoms with E-state index in [1.165, 1.54) is 56.3 Å². The van der Waals surface area contributed by atoms with Gasteiger partial charge in [-0.25, -0.2) is 0 Å². The van der Waals surface area contributed by atoms with E-state index >= 15 is 0 Å². The first-order chi connectivity index (χ1) is 12.3. The zero-order valence-electron chi connectivity index (χ0n) is 17.6. The van der Waals surface area contributed by atoms with Gasteiger partial charge in [-0.2, -0.15) is 11.8 Å². The third kappa shape index (κ3) is 3.96. The lowest BCUT2D eigenvalue weighted by molar-refractivity contribution is 0.195. The summed E-state index contributed by atoms with van der Waals surface area (Å²) >= 11 is 2.17. The molecule has 0 aliphatic heterocycles. The molecule has 0 spiro atoms. The van der Waals surface area contributed by atoms with Crippen LogP contribution in [0.1, 0.15) is 90.2 Å². The van der Waals surface area contributed by atoms with Crippen LogP contribution in [0, 0.1) is 17.3 Å². The van der Waals surface area contributed by atoms with Gasteiger partial charge in [-0.1, -0.05) is 40.7 Å².